The molecule has 0 unspecified atom stereocenters. The van der Waals surface area contributed by atoms with Crippen molar-refractivity contribution in [1.29, 1.82) is 0 Å². The third-order valence-corrected chi connectivity index (χ3v) is 9.91. The molecule has 2 aromatic heterocycles. The molecule has 0 saturated carbocycles. The van der Waals surface area contributed by atoms with E-state index in [2.05, 4.69) is 126 Å². The van der Waals surface area contributed by atoms with Crippen LogP contribution in [0.1, 0.15) is 0 Å². The van der Waals surface area contributed by atoms with Crippen molar-refractivity contribution < 1.29 is 4.42 Å². The summed E-state index contributed by atoms with van der Waals surface area (Å²) in [6, 6.07) is 66.8. The lowest BCUT2D eigenvalue weighted by Gasteiger charge is -2.25. The van der Waals surface area contributed by atoms with Gasteiger partial charge in [0.05, 0.1) is 0 Å². The lowest BCUT2D eigenvalue weighted by Crippen LogP contribution is -2.09. The van der Waals surface area contributed by atoms with Crippen LogP contribution in [0, 0.1) is 0 Å². The molecule has 54 heavy (non-hydrogen) atoms. The molecule has 10 rings (SSSR count). The molecule has 0 aliphatic heterocycles. The molecule has 0 aliphatic carbocycles. The minimum Gasteiger partial charge on any atom is -0.455 e. The van der Waals surface area contributed by atoms with E-state index in [9.17, 15) is 0 Å². The molecule has 8 aromatic carbocycles. The van der Waals surface area contributed by atoms with E-state index in [1.165, 1.54) is 11.1 Å². The van der Waals surface area contributed by atoms with Gasteiger partial charge in [0, 0.05) is 56.0 Å². The number of hydrogen-bond donors (Lipinski definition) is 0. The summed E-state index contributed by atoms with van der Waals surface area (Å²) in [4.78, 5) is 17.4. The monoisotopic (exact) mass is 692 g/mol. The van der Waals surface area contributed by atoms with E-state index in [0.717, 1.165) is 66.5 Å². The van der Waals surface area contributed by atoms with Crippen LogP contribution in [0.3, 0.4) is 0 Å². The number of benzene rings is 8. The van der Waals surface area contributed by atoms with Gasteiger partial charge in [-0.2, -0.15) is 0 Å². The van der Waals surface area contributed by atoms with Gasteiger partial charge in [-0.25, -0.2) is 15.0 Å². The lowest BCUT2D eigenvalue weighted by atomic mass is 9.99. The van der Waals surface area contributed by atoms with Crippen molar-refractivity contribution in [3.05, 3.63) is 194 Å². The van der Waals surface area contributed by atoms with Gasteiger partial charge in [-0.3, -0.25) is 0 Å². The first-order valence-electron chi connectivity index (χ1n) is 18.0. The molecule has 2 heterocycles. The van der Waals surface area contributed by atoms with Crippen molar-refractivity contribution >= 4 is 49.8 Å². The van der Waals surface area contributed by atoms with Crippen molar-refractivity contribution in [3.63, 3.8) is 0 Å². The quantitative estimate of drug-likeness (QED) is 0.166. The molecule has 0 atom stereocenters. The average Bonchev–Trinajstić information content (AvgIpc) is 3.63. The van der Waals surface area contributed by atoms with Gasteiger partial charge in [-0.15, -0.1) is 0 Å². The normalized spacial score (nSPS) is 11.3. The summed E-state index contributed by atoms with van der Waals surface area (Å²) in [6.07, 6.45) is 0. The predicted octanol–water partition coefficient (Wildman–Crippen LogP) is 13.1. The van der Waals surface area contributed by atoms with Gasteiger partial charge >= 0.3 is 0 Å². The van der Waals surface area contributed by atoms with Crippen molar-refractivity contribution in [2.75, 3.05) is 4.90 Å². The van der Waals surface area contributed by atoms with Crippen molar-refractivity contribution in [3.8, 4) is 45.3 Å². The van der Waals surface area contributed by atoms with Gasteiger partial charge in [0.1, 0.15) is 11.2 Å². The fourth-order valence-electron chi connectivity index (χ4n) is 7.30. The molecule has 5 nitrogen and oxygen atoms in total. The van der Waals surface area contributed by atoms with Crippen molar-refractivity contribution in [2.24, 2.45) is 0 Å². The van der Waals surface area contributed by atoms with Gasteiger partial charge in [-0.1, -0.05) is 146 Å². The van der Waals surface area contributed by atoms with Crippen LogP contribution in [0.15, 0.2) is 199 Å². The maximum Gasteiger partial charge on any atom is 0.164 e. The molecule has 0 N–H and O–H groups in total. The van der Waals surface area contributed by atoms with Gasteiger partial charge in [-0.05, 0) is 59.0 Å². The van der Waals surface area contributed by atoms with Crippen molar-refractivity contribution in [2.45, 2.75) is 0 Å². The highest BCUT2D eigenvalue weighted by atomic mass is 16.3. The lowest BCUT2D eigenvalue weighted by molar-refractivity contribution is 0.673. The smallest absolute Gasteiger partial charge is 0.164 e. The van der Waals surface area contributed by atoms with Crippen LogP contribution in [0.25, 0.3) is 78.0 Å². The predicted molar refractivity (Wildman–Crippen MR) is 221 cm³/mol. The molecule has 254 valence electrons. The minimum atomic E-state index is 0.612. The Balaban J connectivity index is 1.14. The summed E-state index contributed by atoms with van der Waals surface area (Å²) in [5.74, 6) is 1.87. The van der Waals surface area contributed by atoms with E-state index >= 15 is 0 Å². The largest absolute Gasteiger partial charge is 0.455 e. The Morgan fingerprint density at radius 3 is 1.44 bits per heavy atom. The molecule has 0 fully saturated rings. The third-order valence-electron chi connectivity index (χ3n) is 9.91. The number of rotatable bonds is 7. The van der Waals surface area contributed by atoms with Crippen LogP contribution in [-0.2, 0) is 0 Å². The standard InChI is InChI=1S/C49H32N4O/c1-5-15-33(16-6-1)34-25-27-38(28-26-34)53(37-21-11-4-12-22-37)39-29-30-41-43-32-44(40-23-13-14-24-42(40)46(43)54-45(41)31-39)49-51-47(35-17-7-2-8-18-35)50-48(52-49)36-19-9-3-10-20-36/h1-32H. The van der Waals surface area contributed by atoms with E-state index in [4.69, 9.17) is 19.4 Å². The number of aromatic nitrogens is 3. The van der Waals surface area contributed by atoms with Crippen LogP contribution < -0.4 is 4.90 Å². The van der Waals surface area contributed by atoms with Gasteiger partial charge in [0.15, 0.2) is 17.5 Å². The summed E-state index contributed by atoms with van der Waals surface area (Å²) in [6.45, 7) is 0. The highest BCUT2D eigenvalue weighted by molar-refractivity contribution is 6.19. The van der Waals surface area contributed by atoms with E-state index in [-0.39, 0.29) is 0 Å². The summed E-state index contributed by atoms with van der Waals surface area (Å²) < 4.78 is 6.80. The molecule has 0 saturated heterocycles. The fourth-order valence-corrected chi connectivity index (χ4v) is 7.30. The molecule has 0 aliphatic rings. The maximum atomic E-state index is 6.80. The first-order valence-corrected chi connectivity index (χ1v) is 18.0. The maximum absolute atomic E-state index is 6.80. The number of hydrogen-bond acceptors (Lipinski definition) is 5. The van der Waals surface area contributed by atoms with Crippen LogP contribution in [0.2, 0.25) is 0 Å². The second-order valence-electron chi connectivity index (χ2n) is 13.3. The Morgan fingerprint density at radius 2 is 0.815 bits per heavy atom. The van der Waals surface area contributed by atoms with E-state index in [1.54, 1.807) is 0 Å². The van der Waals surface area contributed by atoms with Crippen LogP contribution in [0.4, 0.5) is 17.1 Å². The van der Waals surface area contributed by atoms with Crippen LogP contribution in [0.5, 0.6) is 0 Å². The van der Waals surface area contributed by atoms with E-state index in [0.29, 0.717) is 17.5 Å². The first kappa shape index (κ1) is 31.4. The highest BCUT2D eigenvalue weighted by Crippen LogP contribution is 2.42. The zero-order chi connectivity index (χ0) is 35.8. The summed E-state index contributed by atoms with van der Waals surface area (Å²) in [5, 5.41) is 4.04. The number of anilines is 3. The Hall–Kier alpha value is -7.37. The zero-order valence-corrected chi connectivity index (χ0v) is 29.2. The topological polar surface area (TPSA) is 55.1 Å². The van der Waals surface area contributed by atoms with Gasteiger partial charge < -0.3 is 9.32 Å². The minimum absolute atomic E-state index is 0.612. The highest BCUT2D eigenvalue weighted by Gasteiger charge is 2.20. The van der Waals surface area contributed by atoms with Crippen LogP contribution in [-0.4, -0.2) is 15.0 Å². The Labute approximate surface area is 312 Å². The number of para-hydroxylation sites is 1. The Morgan fingerprint density at radius 1 is 0.333 bits per heavy atom. The second-order valence-corrected chi connectivity index (χ2v) is 13.3. The van der Waals surface area contributed by atoms with Gasteiger partial charge in [0.2, 0.25) is 0 Å². The molecule has 5 heteroatoms. The molecule has 0 amide bonds. The second kappa shape index (κ2) is 13.3. The molecule has 10 aromatic rings. The summed E-state index contributed by atoms with van der Waals surface area (Å²) in [5.41, 5.74) is 9.91. The SMILES string of the molecule is c1ccc(-c2ccc(N(c3ccccc3)c3ccc4c(c3)oc3c5ccccc5c(-c5nc(-c6ccccc6)nc(-c6ccccc6)n5)cc43)cc2)cc1. The number of furan rings is 1. The van der Waals surface area contributed by atoms with E-state index in [1.807, 2.05) is 72.8 Å². The molecular formula is C49H32N4O. The Bertz CT molecular complexity index is 2850. The summed E-state index contributed by atoms with van der Waals surface area (Å²) in [7, 11) is 0. The number of nitrogens with zero attached hydrogens (tertiary/aromatic N) is 4. The first-order chi connectivity index (χ1) is 26.8. The van der Waals surface area contributed by atoms with E-state index < -0.39 is 0 Å². The molecule has 0 spiro atoms. The average molecular weight is 693 g/mol. The third kappa shape index (κ3) is 5.65. The molecule has 0 bridgehead atoms. The number of fused-ring (bicyclic) bond motifs is 5. The van der Waals surface area contributed by atoms with Crippen molar-refractivity contribution in [1.82, 2.24) is 15.0 Å². The Kier molecular flexibility index (Phi) is 7.73. The summed E-state index contributed by atoms with van der Waals surface area (Å²) >= 11 is 0. The van der Waals surface area contributed by atoms with Crippen LogP contribution >= 0.6 is 0 Å². The molecular weight excluding hydrogens is 661 g/mol. The van der Waals surface area contributed by atoms with Gasteiger partial charge in [0.25, 0.3) is 0 Å². The molecule has 0 radical (unpaired) electrons. The zero-order valence-electron chi connectivity index (χ0n) is 29.2. The fraction of sp³-hybridized carbons (Fsp3) is 0.